The Bertz CT molecular complexity index is 1200. The second-order valence-corrected chi connectivity index (χ2v) is 14.2. The van der Waals surface area contributed by atoms with Gasteiger partial charge in [-0.25, -0.2) is 0 Å². The maximum atomic E-state index is 14.0. The lowest BCUT2D eigenvalue weighted by Gasteiger charge is -2.43. The Kier molecular flexibility index (Phi) is 18.5. The summed E-state index contributed by atoms with van der Waals surface area (Å²) >= 11 is 0. The first-order chi connectivity index (χ1) is 22.1. The third-order valence-corrected chi connectivity index (χ3v) is 8.03. The van der Waals surface area contributed by atoms with Crippen molar-refractivity contribution in [3.63, 3.8) is 0 Å². The predicted molar refractivity (Wildman–Crippen MR) is 192 cm³/mol. The van der Waals surface area contributed by atoms with Gasteiger partial charge in [0.25, 0.3) is 0 Å². The highest BCUT2D eigenvalue weighted by Crippen LogP contribution is 2.50. The summed E-state index contributed by atoms with van der Waals surface area (Å²) in [6.07, 6.45) is 16.5. The molecular weight excluding hydrogens is 594 g/mol. The summed E-state index contributed by atoms with van der Waals surface area (Å²) in [5.74, 6) is -1.64. The zero-order valence-electron chi connectivity index (χ0n) is 30.5. The Morgan fingerprint density at radius 2 is 1.28 bits per heavy atom. The van der Waals surface area contributed by atoms with E-state index in [4.69, 9.17) is 19.9 Å². The van der Waals surface area contributed by atoms with Gasteiger partial charge >= 0.3 is 17.9 Å². The van der Waals surface area contributed by atoms with Gasteiger partial charge in [-0.2, -0.15) is 0 Å². The first-order valence-corrected chi connectivity index (χ1v) is 16.9. The number of hydrogen-bond acceptors (Lipinski definition) is 9. The van der Waals surface area contributed by atoms with Crippen molar-refractivity contribution in [3.05, 3.63) is 48.1 Å². The average molecular weight is 656 g/mol. The minimum absolute atomic E-state index is 0.215. The van der Waals surface area contributed by atoms with Gasteiger partial charge in [0.1, 0.15) is 0 Å². The van der Waals surface area contributed by atoms with Crippen LogP contribution in [0, 0.1) is 22.2 Å². The molecule has 0 bridgehead atoms. The molecule has 0 spiro atoms. The molecule has 0 fully saturated rings. The second-order valence-electron chi connectivity index (χ2n) is 14.2. The van der Waals surface area contributed by atoms with E-state index in [2.05, 4.69) is 16.9 Å². The fraction of sp³-hybridized carbons (Fsp3) is 0.658. The fourth-order valence-electron chi connectivity index (χ4n) is 5.96. The predicted octanol–water partition coefficient (Wildman–Crippen LogP) is 7.16. The quantitative estimate of drug-likeness (QED) is 0.0601. The second kappa shape index (κ2) is 20.8. The maximum absolute atomic E-state index is 14.0. The highest BCUT2D eigenvalue weighted by atomic mass is 16.5. The van der Waals surface area contributed by atoms with E-state index in [0.717, 1.165) is 17.0 Å². The summed E-state index contributed by atoms with van der Waals surface area (Å²) in [7, 11) is 0. The maximum Gasteiger partial charge on any atom is 0.311 e. The van der Waals surface area contributed by atoms with Crippen LogP contribution in [0.1, 0.15) is 101 Å². The summed E-state index contributed by atoms with van der Waals surface area (Å²) in [5, 5.41) is 0. The van der Waals surface area contributed by atoms with E-state index in [9.17, 15) is 14.4 Å². The van der Waals surface area contributed by atoms with Crippen LogP contribution >= 0.6 is 0 Å². The summed E-state index contributed by atoms with van der Waals surface area (Å²) in [4.78, 5) is 49.3. The van der Waals surface area contributed by atoms with Crippen molar-refractivity contribution in [1.82, 2.24) is 0 Å². The van der Waals surface area contributed by atoms with Crippen molar-refractivity contribution in [2.24, 2.45) is 37.9 Å². The molecule has 0 saturated heterocycles. The van der Waals surface area contributed by atoms with Gasteiger partial charge in [0.15, 0.2) is 0 Å². The van der Waals surface area contributed by atoms with Crippen molar-refractivity contribution in [3.8, 4) is 0 Å². The first-order valence-electron chi connectivity index (χ1n) is 16.9. The number of nitrogens with zero attached hydrogens (tertiary/aromatic N) is 2. The highest BCUT2D eigenvalue weighted by Gasteiger charge is 2.48. The van der Waals surface area contributed by atoms with Crippen LogP contribution < -0.4 is 5.73 Å². The normalized spacial score (nSPS) is 17.4. The standard InChI is InChI=1S/C38H61N3O6/c1-29(2)40-21-16-24-45-33(42)31(5)26-37(8,35(44)47-25-17-22-41-30(3)4)28-38(9,32-18-13-11-10-12-14-19-32)27-36(6,7)34(43)46-23-15-20-39/h10-14,18-19,31H,15-17,20-28,39H2,1-9H3/b11-10-,12-10?,13-11?,14-12-,18-13?,19-14?,32-18?,32-19?. The van der Waals surface area contributed by atoms with E-state index in [1.807, 2.05) is 91.0 Å². The van der Waals surface area contributed by atoms with Gasteiger partial charge in [-0.3, -0.25) is 24.4 Å². The molecule has 1 rings (SSSR count). The first kappa shape index (κ1) is 41.7. The molecule has 264 valence electrons. The molecule has 0 aromatic carbocycles. The topological polar surface area (TPSA) is 130 Å². The molecule has 3 atom stereocenters. The third kappa shape index (κ3) is 15.9. The van der Waals surface area contributed by atoms with E-state index in [1.54, 1.807) is 6.92 Å². The van der Waals surface area contributed by atoms with Crippen LogP contribution in [0.25, 0.3) is 0 Å². The van der Waals surface area contributed by atoms with E-state index < -0.39 is 22.2 Å². The van der Waals surface area contributed by atoms with Gasteiger partial charge < -0.3 is 19.9 Å². The van der Waals surface area contributed by atoms with Crippen LogP contribution in [0.2, 0.25) is 0 Å². The Hall–Kier alpha value is -3.33. The molecule has 0 radical (unpaired) electrons. The largest absolute Gasteiger partial charge is 0.465 e. The van der Waals surface area contributed by atoms with Crippen LogP contribution in [-0.4, -0.2) is 68.8 Å². The lowest BCUT2D eigenvalue weighted by molar-refractivity contribution is -0.161. The molecular formula is C38H61N3O6. The van der Waals surface area contributed by atoms with Crippen molar-refractivity contribution >= 4 is 29.3 Å². The summed E-state index contributed by atoms with van der Waals surface area (Å²) in [6.45, 7) is 19.5. The number of nitrogens with two attached hydrogens (primary N) is 1. The summed E-state index contributed by atoms with van der Waals surface area (Å²) in [6, 6.07) is 0. The summed E-state index contributed by atoms with van der Waals surface area (Å²) in [5.41, 5.74) is 5.85. The summed E-state index contributed by atoms with van der Waals surface area (Å²) < 4.78 is 17.1. The van der Waals surface area contributed by atoms with Gasteiger partial charge in [-0.15, -0.1) is 0 Å². The number of carbonyl (C=O) groups is 3. The number of allylic oxidation sites excluding steroid dienone is 8. The zero-order chi connectivity index (χ0) is 35.5. The monoisotopic (exact) mass is 655 g/mol. The number of aliphatic imine (C=N–C) groups is 2. The van der Waals surface area contributed by atoms with Crippen LogP contribution in [0.5, 0.6) is 0 Å². The van der Waals surface area contributed by atoms with Crippen molar-refractivity contribution in [1.29, 1.82) is 0 Å². The molecule has 1 aliphatic carbocycles. The van der Waals surface area contributed by atoms with E-state index in [1.165, 1.54) is 0 Å². The molecule has 47 heavy (non-hydrogen) atoms. The van der Waals surface area contributed by atoms with Gasteiger partial charge in [-0.1, -0.05) is 56.4 Å². The molecule has 1 aliphatic rings. The zero-order valence-corrected chi connectivity index (χ0v) is 30.5. The average Bonchev–Trinajstić information content (AvgIpc) is 2.95. The minimum atomic E-state index is -1.09. The Balaban J connectivity index is 3.45. The Morgan fingerprint density at radius 1 is 0.745 bits per heavy atom. The van der Waals surface area contributed by atoms with Crippen LogP contribution in [0.4, 0.5) is 0 Å². The van der Waals surface area contributed by atoms with E-state index >= 15 is 0 Å². The molecule has 0 heterocycles. The lowest BCUT2D eigenvalue weighted by atomic mass is 9.61. The van der Waals surface area contributed by atoms with Crippen LogP contribution in [-0.2, 0) is 28.6 Å². The lowest BCUT2D eigenvalue weighted by Crippen LogP contribution is -2.42. The molecule has 9 heteroatoms. The Labute approximate surface area is 283 Å². The SMILES string of the molecule is CC(C)=NCCCOC(=O)C(C)CC(C)(CC(C)(CC(C)(C)C(=O)OCCCN)C1=C/C=C\C=C/C=C1)C(=O)OCCCN=C(C)C. The molecule has 0 saturated carbocycles. The number of carbonyl (C=O) groups excluding carboxylic acids is 3. The molecule has 0 aromatic heterocycles. The molecule has 3 unspecified atom stereocenters. The number of hydrogen-bond donors (Lipinski definition) is 1. The number of esters is 3. The molecule has 0 aliphatic heterocycles. The number of ether oxygens (including phenoxy) is 3. The molecule has 0 amide bonds. The molecule has 9 nitrogen and oxygen atoms in total. The Morgan fingerprint density at radius 3 is 1.87 bits per heavy atom. The van der Waals surface area contributed by atoms with Crippen LogP contribution in [0.15, 0.2) is 58.1 Å². The number of rotatable bonds is 21. The van der Waals surface area contributed by atoms with Gasteiger partial charge in [-0.05, 0) is 91.7 Å². The minimum Gasteiger partial charge on any atom is -0.465 e. The van der Waals surface area contributed by atoms with E-state index in [-0.39, 0.29) is 44.1 Å². The van der Waals surface area contributed by atoms with Gasteiger partial charge in [0.05, 0.1) is 36.6 Å². The van der Waals surface area contributed by atoms with E-state index in [0.29, 0.717) is 51.7 Å². The molecule has 0 aromatic rings. The van der Waals surface area contributed by atoms with Gasteiger partial charge in [0.2, 0.25) is 0 Å². The fourth-order valence-corrected chi connectivity index (χ4v) is 5.96. The molecule has 2 N–H and O–H groups in total. The van der Waals surface area contributed by atoms with Crippen LogP contribution in [0.3, 0.4) is 0 Å². The van der Waals surface area contributed by atoms with Gasteiger partial charge in [0, 0.05) is 37.4 Å². The smallest absolute Gasteiger partial charge is 0.311 e. The third-order valence-electron chi connectivity index (χ3n) is 8.03. The highest BCUT2D eigenvalue weighted by molar-refractivity contribution is 5.80. The van der Waals surface area contributed by atoms with Crippen molar-refractivity contribution < 1.29 is 28.6 Å². The van der Waals surface area contributed by atoms with Crippen molar-refractivity contribution in [2.75, 3.05) is 39.5 Å². The van der Waals surface area contributed by atoms with Crippen molar-refractivity contribution in [2.45, 2.75) is 101 Å².